The van der Waals surface area contributed by atoms with Crippen LogP contribution in [0.25, 0.3) is 0 Å². The van der Waals surface area contributed by atoms with Gasteiger partial charge in [-0.25, -0.2) is 0 Å². The predicted molar refractivity (Wildman–Crippen MR) is 71.9 cm³/mol. The van der Waals surface area contributed by atoms with Crippen LogP contribution in [0.15, 0.2) is 24.3 Å². The van der Waals surface area contributed by atoms with Gasteiger partial charge in [0, 0.05) is 24.7 Å². The highest BCUT2D eigenvalue weighted by Gasteiger charge is 2.16. The Labute approximate surface area is 108 Å². The zero-order chi connectivity index (χ0) is 12.8. The molecule has 1 saturated heterocycles. The van der Waals surface area contributed by atoms with Crippen molar-refractivity contribution in [2.24, 2.45) is 0 Å². The molecule has 2 rings (SSSR count). The minimum Gasteiger partial charge on any atom is -0.494 e. The van der Waals surface area contributed by atoms with Gasteiger partial charge in [0.05, 0.1) is 6.61 Å². The number of hydrogen-bond acceptors (Lipinski definition) is 3. The van der Waals surface area contributed by atoms with Crippen molar-refractivity contribution in [2.75, 3.05) is 18.5 Å². The second-order valence-electron chi connectivity index (χ2n) is 4.49. The van der Waals surface area contributed by atoms with Crippen molar-refractivity contribution in [1.29, 1.82) is 0 Å². The molecular weight excluding hydrogens is 228 g/mol. The van der Waals surface area contributed by atoms with Crippen LogP contribution < -0.4 is 15.4 Å². The van der Waals surface area contributed by atoms with E-state index in [1.54, 1.807) is 0 Å². The van der Waals surface area contributed by atoms with Crippen molar-refractivity contribution in [3.8, 4) is 5.75 Å². The Balaban J connectivity index is 1.93. The SMILES string of the molecule is CCOc1ccc(NC2CCCNC(=O)C2)cc1. The molecule has 1 aromatic carbocycles. The highest BCUT2D eigenvalue weighted by Crippen LogP contribution is 2.18. The lowest BCUT2D eigenvalue weighted by atomic mass is 10.1. The first-order valence-electron chi connectivity index (χ1n) is 6.54. The van der Waals surface area contributed by atoms with E-state index in [2.05, 4.69) is 10.6 Å². The van der Waals surface area contributed by atoms with Crippen LogP contribution >= 0.6 is 0 Å². The van der Waals surface area contributed by atoms with Gasteiger partial charge in [0.15, 0.2) is 0 Å². The van der Waals surface area contributed by atoms with Gasteiger partial charge in [0.2, 0.25) is 5.91 Å². The minimum absolute atomic E-state index is 0.135. The van der Waals surface area contributed by atoms with Crippen LogP contribution in [0, 0.1) is 0 Å². The molecule has 0 radical (unpaired) electrons. The molecule has 0 aliphatic carbocycles. The number of hydrogen-bond donors (Lipinski definition) is 2. The highest BCUT2D eigenvalue weighted by molar-refractivity contribution is 5.77. The van der Waals surface area contributed by atoms with E-state index in [0.717, 1.165) is 30.8 Å². The molecule has 0 spiro atoms. The molecular formula is C14H20N2O2. The average molecular weight is 248 g/mol. The predicted octanol–water partition coefficient (Wildman–Crippen LogP) is 2.17. The first-order chi connectivity index (χ1) is 8.78. The molecule has 0 aromatic heterocycles. The summed E-state index contributed by atoms with van der Waals surface area (Å²) in [6.45, 7) is 3.44. The molecule has 1 aromatic rings. The van der Waals surface area contributed by atoms with Crippen LogP contribution in [0.2, 0.25) is 0 Å². The van der Waals surface area contributed by atoms with Gasteiger partial charge in [-0.15, -0.1) is 0 Å². The normalized spacial score (nSPS) is 19.8. The molecule has 1 unspecified atom stereocenters. The summed E-state index contributed by atoms with van der Waals surface area (Å²) in [6.07, 6.45) is 2.60. The van der Waals surface area contributed by atoms with E-state index in [1.807, 2.05) is 31.2 Å². The summed E-state index contributed by atoms with van der Waals surface area (Å²) in [5.74, 6) is 1.01. The van der Waals surface area contributed by atoms with Crippen LogP contribution in [0.1, 0.15) is 26.2 Å². The molecule has 98 valence electrons. The van der Waals surface area contributed by atoms with Crippen LogP contribution in [-0.4, -0.2) is 25.1 Å². The maximum atomic E-state index is 11.5. The van der Waals surface area contributed by atoms with E-state index in [4.69, 9.17) is 4.74 Å². The molecule has 1 aliphatic rings. The number of carbonyl (C=O) groups excluding carboxylic acids is 1. The quantitative estimate of drug-likeness (QED) is 0.858. The second kappa shape index (κ2) is 6.28. The highest BCUT2D eigenvalue weighted by atomic mass is 16.5. The van der Waals surface area contributed by atoms with Gasteiger partial charge in [-0.1, -0.05) is 0 Å². The molecule has 1 fully saturated rings. The molecule has 2 N–H and O–H groups in total. The number of ether oxygens (including phenoxy) is 1. The third kappa shape index (κ3) is 3.65. The zero-order valence-corrected chi connectivity index (χ0v) is 10.7. The van der Waals surface area contributed by atoms with E-state index in [9.17, 15) is 4.79 Å². The topological polar surface area (TPSA) is 50.4 Å². The van der Waals surface area contributed by atoms with Gasteiger partial charge in [0.1, 0.15) is 5.75 Å². The third-order valence-electron chi connectivity index (χ3n) is 3.02. The number of benzene rings is 1. The Bertz CT molecular complexity index is 389. The standard InChI is InChI=1S/C14H20N2O2/c1-2-18-13-7-5-11(6-8-13)16-12-4-3-9-15-14(17)10-12/h5-8,12,16H,2-4,9-10H2,1H3,(H,15,17). The smallest absolute Gasteiger partial charge is 0.222 e. The fraction of sp³-hybridized carbons (Fsp3) is 0.500. The summed E-state index contributed by atoms with van der Waals surface area (Å²) in [5, 5.41) is 6.29. The molecule has 1 atom stereocenters. The van der Waals surface area contributed by atoms with Gasteiger partial charge in [-0.3, -0.25) is 4.79 Å². The summed E-state index contributed by atoms with van der Waals surface area (Å²) in [4.78, 5) is 11.5. The lowest BCUT2D eigenvalue weighted by Crippen LogP contribution is -2.26. The van der Waals surface area contributed by atoms with E-state index in [0.29, 0.717) is 13.0 Å². The van der Waals surface area contributed by atoms with Crippen molar-refractivity contribution >= 4 is 11.6 Å². The number of rotatable bonds is 4. The summed E-state index contributed by atoms with van der Waals surface area (Å²) < 4.78 is 5.40. The number of nitrogens with one attached hydrogen (secondary N) is 2. The van der Waals surface area contributed by atoms with Crippen molar-refractivity contribution in [1.82, 2.24) is 5.32 Å². The monoisotopic (exact) mass is 248 g/mol. The Morgan fingerprint density at radius 2 is 2.17 bits per heavy atom. The van der Waals surface area contributed by atoms with Crippen molar-refractivity contribution in [3.05, 3.63) is 24.3 Å². The largest absolute Gasteiger partial charge is 0.494 e. The van der Waals surface area contributed by atoms with Crippen LogP contribution in [0.4, 0.5) is 5.69 Å². The number of carbonyl (C=O) groups is 1. The Morgan fingerprint density at radius 1 is 1.39 bits per heavy atom. The van der Waals surface area contributed by atoms with Gasteiger partial charge >= 0.3 is 0 Å². The first kappa shape index (κ1) is 12.7. The van der Waals surface area contributed by atoms with Gasteiger partial charge in [0.25, 0.3) is 0 Å². The minimum atomic E-state index is 0.135. The molecule has 4 heteroatoms. The molecule has 1 amide bonds. The molecule has 1 aliphatic heterocycles. The molecule has 0 bridgehead atoms. The lowest BCUT2D eigenvalue weighted by Gasteiger charge is -2.16. The maximum Gasteiger partial charge on any atom is 0.222 e. The van der Waals surface area contributed by atoms with Crippen molar-refractivity contribution in [3.63, 3.8) is 0 Å². The summed E-state index contributed by atoms with van der Waals surface area (Å²) in [6, 6.07) is 8.11. The second-order valence-corrected chi connectivity index (χ2v) is 4.49. The van der Waals surface area contributed by atoms with Gasteiger partial charge in [-0.2, -0.15) is 0 Å². The van der Waals surface area contributed by atoms with Crippen LogP contribution in [0.3, 0.4) is 0 Å². The number of anilines is 1. The zero-order valence-electron chi connectivity index (χ0n) is 10.7. The van der Waals surface area contributed by atoms with E-state index < -0.39 is 0 Å². The molecule has 1 heterocycles. The van der Waals surface area contributed by atoms with E-state index in [1.165, 1.54) is 0 Å². The van der Waals surface area contributed by atoms with Gasteiger partial charge in [-0.05, 0) is 44.0 Å². The first-order valence-corrected chi connectivity index (χ1v) is 6.54. The Hall–Kier alpha value is -1.71. The fourth-order valence-corrected chi connectivity index (χ4v) is 2.15. The lowest BCUT2D eigenvalue weighted by molar-refractivity contribution is -0.120. The van der Waals surface area contributed by atoms with Crippen LogP contribution in [0.5, 0.6) is 5.75 Å². The maximum absolute atomic E-state index is 11.5. The average Bonchev–Trinajstić information content (AvgIpc) is 2.56. The fourth-order valence-electron chi connectivity index (χ4n) is 2.15. The third-order valence-corrected chi connectivity index (χ3v) is 3.02. The summed E-state index contributed by atoms with van der Waals surface area (Å²) in [5.41, 5.74) is 1.04. The molecule has 4 nitrogen and oxygen atoms in total. The van der Waals surface area contributed by atoms with E-state index >= 15 is 0 Å². The van der Waals surface area contributed by atoms with Crippen molar-refractivity contribution < 1.29 is 9.53 Å². The van der Waals surface area contributed by atoms with Crippen LogP contribution in [-0.2, 0) is 4.79 Å². The summed E-state index contributed by atoms with van der Waals surface area (Å²) >= 11 is 0. The molecule has 0 saturated carbocycles. The summed E-state index contributed by atoms with van der Waals surface area (Å²) in [7, 11) is 0. The van der Waals surface area contributed by atoms with Crippen molar-refractivity contribution in [2.45, 2.75) is 32.2 Å². The molecule has 18 heavy (non-hydrogen) atoms. The Kier molecular flexibility index (Phi) is 4.45. The van der Waals surface area contributed by atoms with E-state index in [-0.39, 0.29) is 11.9 Å². The Morgan fingerprint density at radius 3 is 2.89 bits per heavy atom. The number of amides is 1. The van der Waals surface area contributed by atoms with Gasteiger partial charge < -0.3 is 15.4 Å².